The van der Waals surface area contributed by atoms with E-state index in [1.54, 1.807) is 18.2 Å². The number of carbonyl (C=O) groups is 4. The minimum Gasteiger partial charge on any atom is -0.464 e. The minimum absolute atomic E-state index is 0.0790. The number of rotatable bonds is 11. The molecule has 3 aromatic rings. The Balaban J connectivity index is 1.34. The number of methoxy groups -OCH3 is 1. The number of ether oxygens (including phenoxy) is 4. The smallest absolute Gasteiger partial charge is 0.324 e. The summed E-state index contributed by atoms with van der Waals surface area (Å²) < 4.78 is 26.3. The van der Waals surface area contributed by atoms with Crippen molar-refractivity contribution in [1.29, 1.82) is 0 Å². The lowest BCUT2D eigenvalue weighted by Gasteiger charge is -2.37. The molecule has 4 aliphatic rings. The van der Waals surface area contributed by atoms with Crippen LogP contribution < -0.4 is 10.7 Å². The van der Waals surface area contributed by atoms with Crippen molar-refractivity contribution in [3.63, 3.8) is 0 Å². The fourth-order valence-corrected chi connectivity index (χ4v) is 10.5. The van der Waals surface area contributed by atoms with Crippen LogP contribution in [-0.2, 0) is 51.1 Å². The molecule has 1 aromatic carbocycles. The third-order valence-electron chi connectivity index (χ3n) is 13.0. The topological polar surface area (TPSA) is 166 Å². The average molecular weight is 900 g/mol. The molecule has 8 atom stereocenters. The van der Waals surface area contributed by atoms with E-state index in [1.165, 1.54) is 16.3 Å². The predicted octanol–water partition coefficient (Wildman–Crippen LogP) is 6.12. The summed E-state index contributed by atoms with van der Waals surface area (Å²) in [6.07, 6.45) is 3.74. The SMILES string of the molecule is C=C/C(=C(\N=C/C)[C@H](C)OC)c1c2c3cc(ccc3n1CC)-c1csc(n1)[C@@H](OCC)[C@H](NC(=O)[C@@H]1[C@@H](C)[C@H]1C(=O)N1CCO[C@H](C)C1)C(=O)N1CCC[C@H](N1)C(=O)OCC(C)(C)C2. The second-order valence-corrected chi connectivity index (χ2v) is 19.0. The zero-order valence-electron chi connectivity index (χ0n) is 38.8. The van der Waals surface area contributed by atoms with Crippen molar-refractivity contribution in [3.8, 4) is 11.3 Å². The number of allylic oxidation sites excluding steroid dienone is 2. The van der Waals surface area contributed by atoms with E-state index in [1.807, 2.05) is 52.1 Å². The number of aliphatic imine (C=N–C) groups is 1. The highest BCUT2D eigenvalue weighted by atomic mass is 32.1. The first-order valence-electron chi connectivity index (χ1n) is 22.7. The van der Waals surface area contributed by atoms with Gasteiger partial charge in [-0.05, 0) is 77.5 Å². The number of aryl methyl sites for hydroxylation is 1. The number of hydrogen-bond donors (Lipinski definition) is 2. The van der Waals surface area contributed by atoms with Crippen molar-refractivity contribution >= 4 is 57.7 Å². The van der Waals surface area contributed by atoms with Gasteiger partial charge in [0.05, 0.1) is 54.3 Å². The third kappa shape index (κ3) is 9.48. The van der Waals surface area contributed by atoms with Crippen LogP contribution in [-0.4, -0.2) is 120 Å². The van der Waals surface area contributed by atoms with E-state index in [0.29, 0.717) is 62.7 Å². The Labute approximate surface area is 380 Å². The fourth-order valence-electron chi connectivity index (χ4n) is 9.57. The summed E-state index contributed by atoms with van der Waals surface area (Å²) in [6, 6.07) is 4.27. The number of esters is 1. The van der Waals surface area contributed by atoms with Crippen molar-refractivity contribution in [2.75, 3.05) is 46.6 Å². The molecular formula is C48H65N7O8S. The summed E-state index contributed by atoms with van der Waals surface area (Å²) in [7, 11) is 1.67. The molecule has 2 saturated heterocycles. The number of morpholine rings is 1. The van der Waals surface area contributed by atoms with E-state index in [0.717, 1.165) is 39.0 Å². The molecule has 2 N–H and O–H groups in total. The number of benzene rings is 1. The van der Waals surface area contributed by atoms with Gasteiger partial charge < -0.3 is 33.7 Å². The third-order valence-corrected chi connectivity index (χ3v) is 13.9. The Bertz CT molecular complexity index is 2320. The number of nitrogens with zero attached hydrogens (tertiary/aromatic N) is 5. The van der Waals surface area contributed by atoms with E-state index in [4.69, 9.17) is 28.9 Å². The molecule has 0 unspecified atom stereocenters. The molecule has 5 heterocycles. The van der Waals surface area contributed by atoms with E-state index >= 15 is 0 Å². The fraction of sp³-hybridized carbons (Fsp3) is 0.583. The summed E-state index contributed by atoms with van der Waals surface area (Å²) >= 11 is 1.35. The standard InChI is InChI=1S/C48H65N7O8S/c1-11-31(39(49-12-2)29(7)60-10)41-33-23-48(8,9)26-63-47(59)34-16-15-19-55(52-34)46(58)40(51-43(56)37-28(6)38(37)45(57)53-20-21-62-27(5)24-53)42(61-14-4)44-50-35(25-64-44)30-17-18-36(32(33)22-30)54(41)13-3/h11-12,17-18,22,25,27-29,34,37-38,40,42,52H,1,13-16,19-21,23-24,26H2,2-10H3,(H,51,56)/b39-31+,49-12-/t27-,28-,29+,34+,37-,38-,40+,42+/m1/s1. The van der Waals surface area contributed by atoms with Crippen LogP contribution in [0, 0.1) is 23.2 Å². The van der Waals surface area contributed by atoms with Crippen LogP contribution in [0.15, 0.2) is 46.9 Å². The summed E-state index contributed by atoms with van der Waals surface area (Å²) in [5.74, 6) is -2.78. The average Bonchev–Trinajstić information content (AvgIpc) is 3.57. The number of cyclic esters (lactones) is 1. The van der Waals surface area contributed by atoms with Gasteiger partial charge in [-0.15, -0.1) is 11.3 Å². The van der Waals surface area contributed by atoms with Crippen molar-refractivity contribution in [2.45, 2.75) is 112 Å². The van der Waals surface area contributed by atoms with Crippen LogP contribution in [0.25, 0.3) is 27.7 Å². The normalized spacial score (nSPS) is 27.2. The lowest BCUT2D eigenvalue weighted by atomic mass is 9.84. The highest BCUT2D eigenvalue weighted by molar-refractivity contribution is 7.10. The lowest BCUT2D eigenvalue weighted by molar-refractivity contribution is -0.156. The highest BCUT2D eigenvalue weighted by Crippen LogP contribution is 2.48. The summed E-state index contributed by atoms with van der Waals surface area (Å²) in [6.45, 7) is 22.7. The van der Waals surface area contributed by atoms with E-state index in [9.17, 15) is 19.2 Å². The number of nitrogens with one attached hydrogen (secondary N) is 2. The van der Waals surface area contributed by atoms with E-state index in [-0.39, 0.29) is 37.2 Å². The first-order valence-corrected chi connectivity index (χ1v) is 23.6. The van der Waals surface area contributed by atoms with Gasteiger partial charge in [-0.25, -0.2) is 10.4 Å². The van der Waals surface area contributed by atoms with Crippen LogP contribution in [0.1, 0.15) is 90.6 Å². The van der Waals surface area contributed by atoms with Crippen LogP contribution in [0.3, 0.4) is 0 Å². The van der Waals surface area contributed by atoms with Gasteiger partial charge in [0.2, 0.25) is 11.8 Å². The van der Waals surface area contributed by atoms with Gasteiger partial charge in [0.15, 0.2) is 0 Å². The molecule has 346 valence electrons. The molecule has 2 aromatic heterocycles. The Kier molecular flexibility index (Phi) is 14.6. The van der Waals surface area contributed by atoms with Gasteiger partial charge in [0.25, 0.3) is 5.91 Å². The maximum absolute atomic E-state index is 14.8. The van der Waals surface area contributed by atoms with Crippen molar-refractivity contribution < 1.29 is 38.1 Å². The molecular weight excluding hydrogens is 835 g/mol. The molecule has 6 bridgehead atoms. The number of hydrogen-bond acceptors (Lipinski definition) is 12. The molecule has 0 radical (unpaired) electrons. The highest BCUT2D eigenvalue weighted by Gasteiger charge is 2.58. The number of hydrazine groups is 1. The Hall–Kier alpha value is -4.74. The Morgan fingerprint density at radius 3 is 2.66 bits per heavy atom. The van der Waals surface area contributed by atoms with Crippen molar-refractivity contribution in [2.24, 2.45) is 28.2 Å². The quantitative estimate of drug-likeness (QED) is 0.130. The molecule has 64 heavy (non-hydrogen) atoms. The molecule has 3 aliphatic heterocycles. The van der Waals surface area contributed by atoms with Gasteiger partial charge in [-0.2, -0.15) is 0 Å². The lowest BCUT2D eigenvalue weighted by Crippen LogP contribution is -2.61. The van der Waals surface area contributed by atoms with Crippen LogP contribution in [0.4, 0.5) is 0 Å². The summed E-state index contributed by atoms with van der Waals surface area (Å²) in [5, 5.41) is 7.91. The first-order chi connectivity index (χ1) is 30.7. The van der Waals surface area contributed by atoms with Gasteiger partial charge in [-0.1, -0.05) is 39.5 Å². The van der Waals surface area contributed by atoms with Gasteiger partial charge in [-0.3, -0.25) is 29.2 Å². The Morgan fingerprint density at radius 2 is 1.97 bits per heavy atom. The molecule has 1 aliphatic carbocycles. The molecule has 3 fully saturated rings. The number of fused-ring (bicyclic) bond motifs is 6. The predicted molar refractivity (Wildman–Crippen MR) is 247 cm³/mol. The molecule has 7 rings (SSSR count). The van der Waals surface area contributed by atoms with E-state index in [2.05, 4.69) is 54.8 Å². The summed E-state index contributed by atoms with van der Waals surface area (Å²) in [4.78, 5) is 68.5. The monoisotopic (exact) mass is 899 g/mol. The molecule has 15 nitrogen and oxygen atoms in total. The number of aromatic nitrogens is 2. The van der Waals surface area contributed by atoms with Crippen LogP contribution in [0.2, 0.25) is 0 Å². The molecule has 3 amide bonds. The number of amides is 3. The number of carbonyl (C=O) groups excluding carboxylic acids is 4. The second-order valence-electron chi connectivity index (χ2n) is 18.1. The molecule has 1 saturated carbocycles. The van der Waals surface area contributed by atoms with Crippen LogP contribution in [0.5, 0.6) is 0 Å². The van der Waals surface area contributed by atoms with Crippen molar-refractivity contribution in [3.05, 3.63) is 58.2 Å². The molecule has 16 heteroatoms. The van der Waals surface area contributed by atoms with Crippen molar-refractivity contribution in [1.82, 2.24) is 30.2 Å². The van der Waals surface area contributed by atoms with E-state index < -0.39 is 53.2 Å². The number of thiazole rings is 1. The zero-order chi connectivity index (χ0) is 46.0. The van der Waals surface area contributed by atoms with Gasteiger partial charge >= 0.3 is 5.97 Å². The maximum Gasteiger partial charge on any atom is 0.324 e. The van der Waals surface area contributed by atoms with Crippen LogP contribution >= 0.6 is 11.3 Å². The zero-order valence-corrected chi connectivity index (χ0v) is 39.6. The van der Waals surface area contributed by atoms with Gasteiger partial charge in [0.1, 0.15) is 23.2 Å². The first kappa shape index (κ1) is 47.2. The second kappa shape index (κ2) is 19.8. The molecule has 0 spiro atoms. The summed E-state index contributed by atoms with van der Waals surface area (Å²) in [5.41, 5.74) is 8.79. The Morgan fingerprint density at radius 1 is 1.19 bits per heavy atom. The minimum atomic E-state index is -1.23. The maximum atomic E-state index is 14.8. The largest absolute Gasteiger partial charge is 0.464 e. The van der Waals surface area contributed by atoms with Gasteiger partial charge in [0, 0.05) is 78.9 Å².